The number of hydrogen-bond donors (Lipinski definition) is 1. The molecule has 1 saturated heterocycles. The minimum Gasteiger partial charge on any atom is -0.480 e. The smallest absolute Gasteiger partial charge is 0.163 e. The van der Waals surface area contributed by atoms with E-state index in [1.54, 1.807) is 0 Å². The minimum absolute atomic E-state index is 0.121. The first-order valence-electron chi connectivity index (χ1n) is 11.6. The number of likely N-dealkylation sites (tertiary alicyclic amines) is 1. The highest BCUT2D eigenvalue weighted by atomic mass is 16.5. The quantitative estimate of drug-likeness (QED) is 0.604. The molecule has 4 nitrogen and oxygen atoms in total. The van der Waals surface area contributed by atoms with E-state index in [1.165, 1.54) is 16.7 Å². The van der Waals surface area contributed by atoms with Crippen molar-refractivity contribution >= 4 is 5.69 Å². The molecular weight excluding hydrogens is 394 g/mol. The van der Waals surface area contributed by atoms with Crippen LogP contribution in [0.2, 0.25) is 0 Å². The van der Waals surface area contributed by atoms with Crippen molar-refractivity contribution in [2.75, 3.05) is 25.0 Å². The lowest BCUT2D eigenvalue weighted by molar-refractivity contribution is 0.133. The van der Waals surface area contributed by atoms with Gasteiger partial charge in [0.25, 0.3) is 0 Å². The molecule has 0 aliphatic carbocycles. The molecule has 1 N–H and O–H groups in total. The fourth-order valence-corrected chi connectivity index (χ4v) is 4.46. The maximum Gasteiger partial charge on any atom is 0.163 e. The first-order valence-corrected chi connectivity index (χ1v) is 11.6. The second-order valence-electron chi connectivity index (χ2n) is 8.59. The molecule has 0 saturated carbocycles. The molecule has 1 unspecified atom stereocenters. The molecule has 1 fully saturated rings. The zero-order valence-electron chi connectivity index (χ0n) is 19.9. The van der Waals surface area contributed by atoms with Crippen LogP contribution in [0.5, 0.6) is 5.75 Å². The Labute approximate surface area is 193 Å². The average molecular weight is 430 g/mol. The Balaban J connectivity index is 0.00000141. The number of benzene rings is 2. The van der Waals surface area contributed by atoms with Crippen molar-refractivity contribution in [3.8, 4) is 11.8 Å². The van der Waals surface area contributed by atoms with E-state index in [0.717, 1.165) is 49.5 Å². The van der Waals surface area contributed by atoms with E-state index in [-0.39, 0.29) is 11.5 Å². The highest BCUT2D eigenvalue weighted by molar-refractivity contribution is 5.60. The minimum atomic E-state index is -0.312. The van der Waals surface area contributed by atoms with Crippen molar-refractivity contribution in [3.05, 3.63) is 77.2 Å². The van der Waals surface area contributed by atoms with Gasteiger partial charge in [0, 0.05) is 13.1 Å². The molecule has 32 heavy (non-hydrogen) atoms. The van der Waals surface area contributed by atoms with Gasteiger partial charge in [0.1, 0.15) is 5.75 Å². The first-order chi connectivity index (χ1) is 15.5. The molecule has 0 amide bonds. The lowest BCUT2D eigenvalue weighted by Gasteiger charge is -2.41. The van der Waals surface area contributed by atoms with Gasteiger partial charge in [0.05, 0.1) is 29.4 Å². The molecule has 0 aromatic heterocycles. The predicted octanol–water partition coefficient (Wildman–Crippen LogP) is 6.02. The Morgan fingerprint density at radius 1 is 1.12 bits per heavy atom. The van der Waals surface area contributed by atoms with Crippen LogP contribution in [-0.2, 0) is 6.42 Å². The van der Waals surface area contributed by atoms with Crippen molar-refractivity contribution in [2.45, 2.75) is 53.1 Å². The lowest BCUT2D eigenvalue weighted by atomic mass is 9.75. The van der Waals surface area contributed by atoms with E-state index >= 15 is 0 Å². The summed E-state index contributed by atoms with van der Waals surface area (Å²) in [5.41, 5.74) is 8.53. The molecule has 0 bridgehead atoms. The van der Waals surface area contributed by atoms with E-state index in [9.17, 15) is 5.26 Å². The third kappa shape index (κ3) is 5.18. The van der Waals surface area contributed by atoms with Gasteiger partial charge in [0.15, 0.2) is 6.10 Å². The monoisotopic (exact) mass is 429 g/mol. The van der Waals surface area contributed by atoms with E-state index in [0.29, 0.717) is 6.54 Å². The standard InChI is InChI=1S/C26H29N3O.C2H6/c1-4-23(25-17-28-22-15-20(3)7-10-24(22)30-25)29-13-11-26(18-27,12-14-29)16-21-8-5-19(2)6-9-21;1-2/h5-10,15,25,28H,1,11-14,16-17H2,2-3H3;1-2H3. The van der Waals surface area contributed by atoms with Gasteiger partial charge in [-0.25, -0.2) is 0 Å². The molecule has 2 aromatic carbocycles. The van der Waals surface area contributed by atoms with Gasteiger partial charge < -0.3 is 15.0 Å². The first kappa shape index (κ1) is 23.5. The van der Waals surface area contributed by atoms with Gasteiger partial charge in [-0.3, -0.25) is 0 Å². The Hall–Kier alpha value is -3.15. The van der Waals surface area contributed by atoms with E-state index in [4.69, 9.17) is 4.74 Å². The molecule has 2 heterocycles. The van der Waals surface area contributed by atoms with Crippen LogP contribution in [0.25, 0.3) is 0 Å². The number of anilines is 1. The van der Waals surface area contributed by atoms with Gasteiger partial charge in [-0.05, 0) is 56.4 Å². The van der Waals surface area contributed by atoms with Gasteiger partial charge >= 0.3 is 0 Å². The zero-order valence-corrected chi connectivity index (χ0v) is 19.9. The summed E-state index contributed by atoms with van der Waals surface area (Å²) >= 11 is 0. The van der Waals surface area contributed by atoms with Gasteiger partial charge in [-0.15, -0.1) is 5.73 Å². The van der Waals surface area contributed by atoms with Crippen LogP contribution in [0.15, 0.2) is 60.5 Å². The van der Waals surface area contributed by atoms with Crippen molar-refractivity contribution in [1.82, 2.24) is 4.90 Å². The number of aryl methyl sites for hydroxylation is 2. The highest BCUT2D eigenvalue weighted by Gasteiger charge is 2.37. The summed E-state index contributed by atoms with van der Waals surface area (Å²) in [6.45, 7) is 14.4. The molecule has 2 aliphatic rings. The number of hydrogen-bond acceptors (Lipinski definition) is 4. The number of nitrogens with zero attached hydrogens (tertiary/aromatic N) is 2. The summed E-state index contributed by atoms with van der Waals surface area (Å²) in [4.78, 5) is 2.29. The van der Waals surface area contributed by atoms with Crippen LogP contribution in [-0.4, -0.2) is 30.6 Å². The van der Waals surface area contributed by atoms with Crippen molar-refractivity contribution in [1.29, 1.82) is 5.26 Å². The molecule has 2 aliphatic heterocycles. The fraction of sp³-hybridized carbons (Fsp3) is 0.429. The Bertz CT molecular complexity index is 1000. The van der Waals surface area contributed by atoms with Gasteiger partial charge in [-0.1, -0.05) is 56.3 Å². The second kappa shape index (κ2) is 10.4. The summed E-state index contributed by atoms with van der Waals surface area (Å²) in [5.74, 6) is 0.868. The Morgan fingerprint density at radius 2 is 1.78 bits per heavy atom. The SMILES string of the molecule is C=C=C(C1CNc2cc(C)ccc2O1)N1CCC(C#N)(Cc2ccc(C)cc2)CC1.CC. The molecule has 0 spiro atoms. The molecule has 168 valence electrons. The van der Waals surface area contributed by atoms with E-state index in [1.807, 2.05) is 19.9 Å². The maximum atomic E-state index is 9.98. The summed E-state index contributed by atoms with van der Waals surface area (Å²) in [7, 11) is 0. The third-order valence-corrected chi connectivity index (χ3v) is 6.33. The van der Waals surface area contributed by atoms with Gasteiger partial charge in [0.2, 0.25) is 0 Å². The summed E-state index contributed by atoms with van der Waals surface area (Å²) < 4.78 is 6.27. The normalized spacial score (nSPS) is 18.5. The number of fused-ring (bicyclic) bond motifs is 1. The topological polar surface area (TPSA) is 48.3 Å². The van der Waals surface area contributed by atoms with E-state index in [2.05, 4.69) is 78.8 Å². The van der Waals surface area contributed by atoms with Crippen LogP contribution >= 0.6 is 0 Å². The lowest BCUT2D eigenvalue weighted by Crippen LogP contribution is -2.45. The molecule has 2 aromatic rings. The molecule has 4 heteroatoms. The van der Waals surface area contributed by atoms with Crippen LogP contribution in [0.3, 0.4) is 0 Å². The average Bonchev–Trinajstić information content (AvgIpc) is 2.83. The molecule has 1 atom stereocenters. The summed E-state index contributed by atoms with van der Waals surface area (Å²) in [5, 5.41) is 13.5. The highest BCUT2D eigenvalue weighted by Crippen LogP contribution is 2.37. The summed E-state index contributed by atoms with van der Waals surface area (Å²) in [6, 6.07) is 17.4. The van der Waals surface area contributed by atoms with Crippen LogP contribution in [0.1, 0.15) is 43.4 Å². The van der Waals surface area contributed by atoms with Crippen molar-refractivity contribution in [2.24, 2.45) is 5.41 Å². The molecular formula is C28H35N3O. The Morgan fingerprint density at radius 3 is 2.41 bits per heavy atom. The zero-order chi connectivity index (χ0) is 23.1. The number of ether oxygens (including phenoxy) is 1. The maximum absolute atomic E-state index is 9.98. The number of nitrogens with one attached hydrogen (secondary N) is 1. The number of nitriles is 1. The van der Waals surface area contributed by atoms with Crippen LogP contribution in [0, 0.1) is 30.6 Å². The fourth-order valence-electron chi connectivity index (χ4n) is 4.46. The molecule has 0 radical (unpaired) electrons. The van der Waals surface area contributed by atoms with Crippen LogP contribution < -0.4 is 10.1 Å². The van der Waals surface area contributed by atoms with E-state index < -0.39 is 0 Å². The molecule has 4 rings (SSSR count). The van der Waals surface area contributed by atoms with Crippen molar-refractivity contribution < 1.29 is 4.74 Å². The van der Waals surface area contributed by atoms with Gasteiger partial charge in [-0.2, -0.15) is 5.26 Å². The van der Waals surface area contributed by atoms with Crippen molar-refractivity contribution in [3.63, 3.8) is 0 Å². The number of piperidine rings is 1. The second-order valence-corrected chi connectivity index (χ2v) is 8.59. The third-order valence-electron chi connectivity index (χ3n) is 6.33. The number of rotatable bonds is 4. The van der Waals surface area contributed by atoms with Crippen LogP contribution in [0.4, 0.5) is 5.69 Å². The summed E-state index contributed by atoms with van der Waals surface area (Å²) in [6.07, 6.45) is 2.35. The largest absolute Gasteiger partial charge is 0.480 e. The predicted molar refractivity (Wildman–Crippen MR) is 132 cm³/mol. The Kier molecular flexibility index (Phi) is 7.67.